The van der Waals surface area contributed by atoms with E-state index in [4.69, 9.17) is 9.16 Å². The van der Waals surface area contributed by atoms with Gasteiger partial charge < -0.3 is 9.16 Å². The fraction of sp³-hybridized carbons (Fsp3) is 0.647. The lowest BCUT2D eigenvalue weighted by atomic mass is 10.2. The van der Waals surface area contributed by atoms with Crippen LogP contribution in [0.15, 0.2) is 30.3 Å². The second kappa shape index (κ2) is 8.27. The molecule has 0 aliphatic carbocycles. The Labute approximate surface area is 133 Å². The summed E-state index contributed by atoms with van der Waals surface area (Å²) >= 11 is 0. The molecule has 0 saturated carbocycles. The molecule has 1 heterocycles. The number of hydrogen-bond donors (Lipinski definition) is 0. The first-order valence-corrected chi connectivity index (χ1v) is 13.5. The fourth-order valence-electron chi connectivity index (χ4n) is 3.08. The van der Waals surface area contributed by atoms with Crippen LogP contribution in [0.4, 0.5) is 0 Å². The van der Waals surface area contributed by atoms with Crippen LogP contribution >= 0.6 is 0 Å². The van der Waals surface area contributed by atoms with Crippen LogP contribution < -0.4 is 0 Å². The predicted octanol–water partition coefficient (Wildman–Crippen LogP) is 3.91. The maximum absolute atomic E-state index is 6.69. The zero-order chi connectivity index (χ0) is 15.1. The minimum absolute atomic E-state index is 0.151. The van der Waals surface area contributed by atoms with Gasteiger partial charge in [0.15, 0.2) is 9.04 Å². The highest BCUT2D eigenvalue weighted by Gasteiger charge is 2.39. The first-order valence-electron chi connectivity index (χ1n) is 8.52. The highest BCUT2D eigenvalue weighted by molar-refractivity contribution is 6.61. The molecule has 0 bridgehead atoms. The van der Waals surface area contributed by atoms with Gasteiger partial charge in [-0.05, 0) is 43.3 Å². The second-order valence-electron chi connectivity index (χ2n) is 6.44. The zero-order valence-electron chi connectivity index (χ0n) is 13.8. The van der Waals surface area contributed by atoms with Crippen molar-refractivity contribution in [3.8, 4) is 0 Å². The molecule has 1 saturated heterocycles. The van der Waals surface area contributed by atoms with Gasteiger partial charge in [-0.15, -0.1) is 0 Å². The average molecular weight is 323 g/mol. The largest absolute Gasteiger partial charge is 0.397 e. The van der Waals surface area contributed by atoms with Crippen LogP contribution in [-0.4, -0.2) is 29.9 Å². The predicted molar refractivity (Wildman–Crippen MR) is 95.1 cm³/mol. The number of aryl methyl sites for hydroxylation is 1. The summed E-state index contributed by atoms with van der Waals surface area (Å²) in [7, 11) is -2.14. The lowest BCUT2D eigenvalue weighted by Gasteiger charge is -2.42. The number of ether oxygens (including phenoxy) is 1. The van der Waals surface area contributed by atoms with Crippen molar-refractivity contribution in [1.29, 1.82) is 0 Å². The van der Waals surface area contributed by atoms with Crippen LogP contribution in [0, 0.1) is 0 Å². The summed E-state index contributed by atoms with van der Waals surface area (Å²) in [5.74, 6) is 0. The molecule has 2 nitrogen and oxygen atoms in total. The number of benzene rings is 1. The van der Waals surface area contributed by atoms with Gasteiger partial charge in [0.05, 0.1) is 0 Å². The van der Waals surface area contributed by atoms with Crippen LogP contribution in [0.1, 0.15) is 31.7 Å². The summed E-state index contributed by atoms with van der Waals surface area (Å²) in [5.41, 5.74) is 1.29. The molecule has 4 heteroatoms. The normalized spacial score (nSPS) is 24.2. The molecule has 1 aliphatic heterocycles. The average Bonchev–Trinajstić information content (AvgIpc) is 2.53. The van der Waals surface area contributed by atoms with E-state index in [-0.39, 0.29) is 5.41 Å². The molecule has 1 aromatic carbocycles. The molecule has 118 valence electrons. The lowest BCUT2D eigenvalue weighted by molar-refractivity contribution is -0.152. The van der Waals surface area contributed by atoms with Crippen LogP contribution in [0.25, 0.3) is 0 Å². The van der Waals surface area contributed by atoms with Gasteiger partial charge in [0.25, 0.3) is 0 Å². The van der Waals surface area contributed by atoms with E-state index in [1.165, 1.54) is 30.5 Å². The summed E-state index contributed by atoms with van der Waals surface area (Å²) in [6, 6.07) is 13.2. The minimum Gasteiger partial charge on any atom is -0.397 e. The van der Waals surface area contributed by atoms with Crippen molar-refractivity contribution in [3.63, 3.8) is 0 Å². The molecule has 1 aromatic rings. The first kappa shape index (κ1) is 16.9. The van der Waals surface area contributed by atoms with Gasteiger partial charge in [-0.3, -0.25) is 0 Å². The fourth-order valence-corrected chi connectivity index (χ4v) is 8.07. The van der Waals surface area contributed by atoms with E-state index in [9.17, 15) is 0 Å². The third-order valence-corrected chi connectivity index (χ3v) is 9.76. The van der Waals surface area contributed by atoms with Crippen molar-refractivity contribution in [2.45, 2.75) is 63.2 Å². The van der Waals surface area contributed by atoms with Crippen LogP contribution in [0.3, 0.4) is 0 Å². The van der Waals surface area contributed by atoms with E-state index >= 15 is 0 Å². The number of hydrogen-bond acceptors (Lipinski definition) is 2. The van der Waals surface area contributed by atoms with Gasteiger partial charge in [-0.2, -0.15) is 0 Å². The van der Waals surface area contributed by atoms with Gasteiger partial charge in [-0.1, -0.05) is 50.3 Å². The Morgan fingerprint density at radius 3 is 2.52 bits per heavy atom. The summed E-state index contributed by atoms with van der Waals surface area (Å²) in [5, 5.41) is 0. The molecule has 0 radical (unpaired) electrons. The molecule has 1 fully saturated rings. The molecule has 0 aromatic heterocycles. The van der Waals surface area contributed by atoms with Crippen molar-refractivity contribution >= 4 is 17.8 Å². The molecule has 0 spiro atoms. The van der Waals surface area contributed by atoms with Gasteiger partial charge in [-0.25, -0.2) is 0 Å². The van der Waals surface area contributed by atoms with Crippen LogP contribution in [0.5, 0.6) is 0 Å². The van der Waals surface area contributed by atoms with E-state index in [0.29, 0.717) is 0 Å². The van der Waals surface area contributed by atoms with Gasteiger partial charge in [0.2, 0.25) is 0 Å². The number of rotatable bonds is 7. The third kappa shape index (κ3) is 4.78. The van der Waals surface area contributed by atoms with Crippen molar-refractivity contribution in [2.75, 3.05) is 6.61 Å². The SMILES string of the molecule is CC[SiH](CCc1ccccc1)OC1([SiH](C)C)CCCCO1. The summed E-state index contributed by atoms with van der Waals surface area (Å²) in [4.78, 5) is 0. The van der Waals surface area contributed by atoms with E-state index in [1.807, 2.05) is 0 Å². The van der Waals surface area contributed by atoms with Crippen molar-refractivity contribution in [2.24, 2.45) is 0 Å². The van der Waals surface area contributed by atoms with E-state index in [0.717, 1.165) is 19.4 Å². The van der Waals surface area contributed by atoms with E-state index in [2.05, 4.69) is 50.3 Å². The molecule has 2 rings (SSSR count). The van der Waals surface area contributed by atoms with E-state index in [1.54, 1.807) is 0 Å². The summed E-state index contributed by atoms with van der Waals surface area (Å²) in [6.45, 7) is 7.95. The van der Waals surface area contributed by atoms with Gasteiger partial charge in [0, 0.05) is 6.61 Å². The first-order chi connectivity index (χ1) is 10.2. The molecule has 0 N–H and O–H groups in total. The smallest absolute Gasteiger partial charge is 0.180 e. The molecular weight excluding hydrogens is 292 g/mol. The van der Waals surface area contributed by atoms with Crippen molar-refractivity contribution < 1.29 is 9.16 Å². The monoisotopic (exact) mass is 322 g/mol. The molecular formula is C17H30O2Si2. The Bertz CT molecular complexity index is 403. The van der Waals surface area contributed by atoms with Crippen molar-refractivity contribution in [1.82, 2.24) is 0 Å². The van der Waals surface area contributed by atoms with Crippen LogP contribution in [0.2, 0.25) is 25.2 Å². The van der Waals surface area contributed by atoms with Crippen molar-refractivity contribution in [3.05, 3.63) is 35.9 Å². The highest BCUT2D eigenvalue weighted by Crippen LogP contribution is 2.31. The van der Waals surface area contributed by atoms with Crippen LogP contribution in [-0.2, 0) is 15.6 Å². The van der Waals surface area contributed by atoms with Gasteiger partial charge >= 0.3 is 0 Å². The molecule has 2 unspecified atom stereocenters. The topological polar surface area (TPSA) is 18.5 Å². The summed E-state index contributed by atoms with van der Waals surface area (Å²) < 4.78 is 12.9. The maximum Gasteiger partial charge on any atom is 0.180 e. The Hall–Kier alpha value is -0.426. The van der Waals surface area contributed by atoms with E-state index < -0.39 is 17.8 Å². The summed E-state index contributed by atoms with van der Waals surface area (Å²) in [6.07, 6.45) is 4.76. The Morgan fingerprint density at radius 1 is 1.19 bits per heavy atom. The Morgan fingerprint density at radius 2 is 1.95 bits per heavy atom. The molecule has 21 heavy (non-hydrogen) atoms. The Balaban J connectivity index is 1.93. The molecule has 2 atom stereocenters. The quantitative estimate of drug-likeness (QED) is 0.709. The van der Waals surface area contributed by atoms with Gasteiger partial charge in [0.1, 0.15) is 14.2 Å². The standard InChI is InChI=1S/C17H30O2Si2/c1-4-21(15-12-16-10-6-5-7-11-16)19-17(20(2)3)13-8-9-14-18-17/h5-7,10-11,20-21H,4,8-9,12-15H2,1-3H3. The maximum atomic E-state index is 6.69. The Kier molecular flexibility index (Phi) is 6.67. The lowest BCUT2D eigenvalue weighted by Crippen LogP contribution is -2.52. The minimum atomic E-state index is -1.17. The molecule has 0 amide bonds. The highest BCUT2D eigenvalue weighted by atomic mass is 28.3. The molecule has 1 aliphatic rings. The zero-order valence-corrected chi connectivity index (χ0v) is 16.1. The second-order valence-corrected chi connectivity index (χ2v) is 12.5. The third-order valence-electron chi connectivity index (χ3n) is 4.56.